The molecule has 9 nitrogen and oxygen atoms in total. The molecule has 2 N–H and O–H groups in total. The van der Waals surface area contributed by atoms with E-state index < -0.39 is 23.8 Å². The summed E-state index contributed by atoms with van der Waals surface area (Å²) in [6.45, 7) is 6.50. The molecular formula is C10H16N4O5. The van der Waals surface area contributed by atoms with Crippen LogP contribution >= 0.6 is 0 Å². The molecule has 1 aromatic rings. The zero-order chi connectivity index (χ0) is 14.6. The van der Waals surface area contributed by atoms with E-state index in [-0.39, 0.29) is 5.82 Å². The minimum absolute atomic E-state index is 0.124. The summed E-state index contributed by atoms with van der Waals surface area (Å²) in [4.78, 5) is 26.4. The molecule has 0 fully saturated rings. The SMILES string of the molecule is CC(c1ncon1)N(NC(=O)OC(C)(C)C)C(=O)O. The van der Waals surface area contributed by atoms with Crippen molar-refractivity contribution in [1.82, 2.24) is 20.6 Å². The van der Waals surface area contributed by atoms with E-state index >= 15 is 0 Å². The first-order chi connectivity index (χ1) is 8.70. The van der Waals surface area contributed by atoms with Crippen LogP contribution in [0.15, 0.2) is 10.9 Å². The van der Waals surface area contributed by atoms with Crippen molar-refractivity contribution in [2.45, 2.75) is 39.3 Å². The molecule has 0 bridgehead atoms. The number of carboxylic acid groups (broad SMARTS) is 1. The number of hydrazine groups is 1. The van der Waals surface area contributed by atoms with Crippen molar-refractivity contribution in [3.8, 4) is 0 Å². The maximum Gasteiger partial charge on any atom is 0.426 e. The summed E-state index contributed by atoms with van der Waals surface area (Å²) in [6, 6.07) is -0.816. The fraction of sp³-hybridized carbons (Fsp3) is 0.600. The first-order valence-corrected chi connectivity index (χ1v) is 5.49. The summed E-state index contributed by atoms with van der Waals surface area (Å²) >= 11 is 0. The third kappa shape index (κ3) is 4.45. The smallest absolute Gasteiger partial charge is 0.426 e. The molecule has 1 heterocycles. The van der Waals surface area contributed by atoms with Gasteiger partial charge < -0.3 is 14.4 Å². The van der Waals surface area contributed by atoms with Gasteiger partial charge in [-0.25, -0.2) is 20.0 Å². The van der Waals surface area contributed by atoms with E-state index in [4.69, 9.17) is 9.84 Å². The highest BCUT2D eigenvalue weighted by molar-refractivity contribution is 5.73. The third-order valence-electron chi connectivity index (χ3n) is 1.96. The van der Waals surface area contributed by atoms with Crippen LogP contribution in [0.4, 0.5) is 9.59 Å². The van der Waals surface area contributed by atoms with Crippen LogP contribution in [-0.2, 0) is 4.74 Å². The van der Waals surface area contributed by atoms with Gasteiger partial charge in [0.25, 0.3) is 0 Å². The first kappa shape index (κ1) is 14.7. The quantitative estimate of drug-likeness (QED) is 0.784. The zero-order valence-electron chi connectivity index (χ0n) is 11.1. The topological polar surface area (TPSA) is 118 Å². The minimum Gasteiger partial charge on any atom is -0.464 e. The summed E-state index contributed by atoms with van der Waals surface area (Å²) in [5.41, 5.74) is 1.38. The van der Waals surface area contributed by atoms with E-state index in [9.17, 15) is 9.59 Å². The summed E-state index contributed by atoms with van der Waals surface area (Å²) in [7, 11) is 0. The van der Waals surface area contributed by atoms with Crippen LogP contribution in [-0.4, -0.2) is 38.0 Å². The van der Waals surface area contributed by atoms with Crippen LogP contribution in [0.1, 0.15) is 39.6 Å². The second-order valence-electron chi connectivity index (χ2n) is 4.73. The van der Waals surface area contributed by atoms with Crippen molar-refractivity contribution in [2.75, 3.05) is 0 Å². The van der Waals surface area contributed by atoms with Crippen molar-refractivity contribution in [1.29, 1.82) is 0 Å². The molecular weight excluding hydrogens is 256 g/mol. The summed E-state index contributed by atoms with van der Waals surface area (Å²) in [5, 5.41) is 13.2. The number of rotatable bonds is 2. The monoisotopic (exact) mass is 272 g/mol. The van der Waals surface area contributed by atoms with E-state index in [0.717, 1.165) is 6.39 Å². The van der Waals surface area contributed by atoms with Gasteiger partial charge in [-0.15, -0.1) is 0 Å². The van der Waals surface area contributed by atoms with Gasteiger partial charge in [-0.05, 0) is 27.7 Å². The lowest BCUT2D eigenvalue weighted by Gasteiger charge is -2.26. The Kier molecular flexibility index (Phi) is 4.30. The highest BCUT2D eigenvalue weighted by atomic mass is 16.6. The number of ether oxygens (including phenoxy) is 1. The maximum absolute atomic E-state index is 11.5. The summed E-state index contributed by atoms with van der Waals surface area (Å²) in [5.74, 6) is 0.124. The highest BCUT2D eigenvalue weighted by Gasteiger charge is 2.28. The van der Waals surface area contributed by atoms with Gasteiger partial charge in [0, 0.05) is 0 Å². The molecule has 19 heavy (non-hydrogen) atoms. The summed E-state index contributed by atoms with van der Waals surface area (Å²) in [6.07, 6.45) is -1.19. The average Bonchev–Trinajstić information content (AvgIpc) is 2.75. The van der Waals surface area contributed by atoms with E-state index in [1.165, 1.54) is 6.92 Å². The molecule has 9 heteroatoms. The second-order valence-corrected chi connectivity index (χ2v) is 4.73. The molecule has 1 rings (SSSR count). The highest BCUT2D eigenvalue weighted by Crippen LogP contribution is 2.15. The van der Waals surface area contributed by atoms with Crippen molar-refractivity contribution in [3.63, 3.8) is 0 Å². The van der Waals surface area contributed by atoms with E-state index in [0.29, 0.717) is 5.01 Å². The maximum atomic E-state index is 11.5. The molecule has 106 valence electrons. The number of aromatic nitrogens is 2. The number of amides is 2. The average molecular weight is 272 g/mol. The molecule has 0 radical (unpaired) electrons. The van der Waals surface area contributed by atoms with Gasteiger partial charge in [0.1, 0.15) is 11.6 Å². The molecule has 0 aliphatic carbocycles. The predicted molar refractivity (Wildman–Crippen MR) is 61.9 cm³/mol. The van der Waals surface area contributed by atoms with Crippen LogP contribution in [0, 0.1) is 0 Å². The molecule has 0 spiro atoms. The second kappa shape index (κ2) is 5.55. The predicted octanol–water partition coefficient (Wildman–Crippen LogP) is 1.55. The van der Waals surface area contributed by atoms with Crippen LogP contribution in [0.2, 0.25) is 0 Å². The fourth-order valence-electron chi connectivity index (χ4n) is 1.19. The molecule has 0 aliphatic heterocycles. The van der Waals surface area contributed by atoms with Crippen LogP contribution in [0.5, 0.6) is 0 Å². The number of hydrogen-bond donors (Lipinski definition) is 2. The van der Waals surface area contributed by atoms with Gasteiger partial charge in [-0.3, -0.25) is 0 Å². The van der Waals surface area contributed by atoms with E-state index in [1.807, 2.05) is 0 Å². The fourth-order valence-corrected chi connectivity index (χ4v) is 1.19. The minimum atomic E-state index is -1.37. The van der Waals surface area contributed by atoms with Gasteiger partial charge in [0.05, 0.1) is 0 Å². The normalized spacial score (nSPS) is 12.6. The van der Waals surface area contributed by atoms with E-state index in [2.05, 4.69) is 20.1 Å². The number of nitrogens with zero attached hydrogens (tertiary/aromatic N) is 3. The Balaban J connectivity index is 2.74. The molecule has 0 aromatic carbocycles. The van der Waals surface area contributed by atoms with Gasteiger partial charge in [0.15, 0.2) is 5.82 Å². The lowest BCUT2D eigenvalue weighted by Crippen LogP contribution is -2.48. The van der Waals surface area contributed by atoms with Crippen molar-refractivity contribution >= 4 is 12.2 Å². The van der Waals surface area contributed by atoms with E-state index in [1.54, 1.807) is 20.8 Å². The Morgan fingerprint density at radius 3 is 2.58 bits per heavy atom. The molecule has 0 saturated heterocycles. The van der Waals surface area contributed by atoms with Crippen LogP contribution in [0.3, 0.4) is 0 Å². The third-order valence-corrected chi connectivity index (χ3v) is 1.96. The molecule has 1 aromatic heterocycles. The molecule has 1 unspecified atom stereocenters. The molecule has 1 atom stereocenters. The van der Waals surface area contributed by atoms with Gasteiger partial charge in [-0.2, -0.15) is 4.98 Å². The standard InChI is InChI=1S/C10H16N4O5/c1-6(7-11-5-18-13-7)14(9(16)17)12-8(15)19-10(2,3)4/h5-6H,1-4H3,(H,12,15)(H,16,17). The number of nitrogens with one attached hydrogen (secondary N) is 1. The Morgan fingerprint density at radius 1 is 1.53 bits per heavy atom. The van der Waals surface area contributed by atoms with Gasteiger partial charge in [0.2, 0.25) is 6.39 Å². The largest absolute Gasteiger partial charge is 0.464 e. The molecule has 0 saturated carbocycles. The summed E-state index contributed by atoms with van der Waals surface area (Å²) < 4.78 is 9.49. The lowest BCUT2D eigenvalue weighted by molar-refractivity contribution is 0.0257. The molecule has 2 amide bonds. The number of carbonyl (C=O) groups excluding carboxylic acids is 1. The van der Waals surface area contributed by atoms with Gasteiger partial charge in [-0.1, -0.05) is 5.16 Å². The van der Waals surface area contributed by atoms with Crippen LogP contribution in [0.25, 0.3) is 0 Å². The molecule has 0 aliphatic rings. The lowest BCUT2D eigenvalue weighted by atomic mass is 10.2. The van der Waals surface area contributed by atoms with Crippen molar-refractivity contribution < 1.29 is 24.0 Å². The number of carbonyl (C=O) groups is 2. The Morgan fingerprint density at radius 2 is 2.16 bits per heavy atom. The Labute approximate surface area is 109 Å². The number of hydrogen-bond acceptors (Lipinski definition) is 6. The van der Waals surface area contributed by atoms with Crippen molar-refractivity contribution in [2.24, 2.45) is 0 Å². The Bertz CT molecular complexity index is 439. The first-order valence-electron chi connectivity index (χ1n) is 5.49. The van der Waals surface area contributed by atoms with Gasteiger partial charge >= 0.3 is 12.2 Å². The van der Waals surface area contributed by atoms with Crippen molar-refractivity contribution in [3.05, 3.63) is 12.2 Å². The van der Waals surface area contributed by atoms with Crippen LogP contribution < -0.4 is 5.43 Å². The Hall–Kier alpha value is -2.32. The zero-order valence-corrected chi connectivity index (χ0v) is 11.1.